The number of carbonyl (C=O) groups is 2. The fourth-order valence-corrected chi connectivity index (χ4v) is 1.30. The highest BCUT2D eigenvalue weighted by Crippen LogP contribution is 2.19. The number of unbranched alkanes of at least 4 members (excludes halogenated alkanes) is 1. The molecule has 0 N–H and O–H groups in total. The monoisotopic (exact) mass is 219 g/mol. The highest BCUT2D eigenvalue weighted by atomic mass is 16.5. The fraction of sp³-hybridized carbons (Fsp3) is 0.308. The summed E-state index contributed by atoms with van der Waals surface area (Å²) in [7, 11) is 0. The second-order valence-electron chi connectivity index (χ2n) is 3.57. The molecule has 0 unspecified atom stereocenters. The Hall–Kier alpha value is -1.64. The van der Waals surface area contributed by atoms with Crippen molar-refractivity contribution >= 4 is 12.3 Å². The van der Waals surface area contributed by atoms with Crippen LogP contribution in [0.25, 0.3) is 0 Å². The first-order valence-corrected chi connectivity index (χ1v) is 5.23. The Labute approximate surface area is 95.4 Å². The number of benzene rings is 1. The number of aldehydes is 1. The molecule has 1 radical (unpaired) electrons. The van der Waals surface area contributed by atoms with Crippen molar-refractivity contribution in [1.82, 2.24) is 0 Å². The Balaban J connectivity index is 2.67. The summed E-state index contributed by atoms with van der Waals surface area (Å²) in [5.41, 5.74) is 1.36. The number of esters is 1. The van der Waals surface area contributed by atoms with E-state index in [1.165, 1.54) is 0 Å². The van der Waals surface area contributed by atoms with Crippen LogP contribution in [-0.2, 0) is 4.79 Å². The predicted octanol–water partition coefficient (Wildman–Crippen LogP) is 2.72. The van der Waals surface area contributed by atoms with Crippen LogP contribution in [0.15, 0.2) is 18.2 Å². The smallest absolute Gasteiger partial charge is 0.311 e. The molecule has 1 rings (SSSR count). The first kappa shape index (κ1) is 12.4. The van der Waals surface area contributed by atoms with E-state index in [0.717, 1.165) is 24.7 Å². The van der Waals surface area contributed by atoms with E-state index in [4.69, 9.17) is 4.74 Å². The Bertz CT molecular complexity index is 383. The molecule has 0 aliphatic carbocycles. The van der Waals surface area contributed by atoms with Gasteiger partial charge >= 0.3 is 5.97 Å². The van der Waals surface area contributed by atoms with Crippen LogP contribution < -0.4 is 4.74 Å². The average molecular weight is 219 g/mol. The van der Waals surface area contributed by atoms with Crippen molar-refractivity contribution in [2.45, 2.75) is 26.2 Å². The SMILES string of the molecule is [CH2]CCCC(=O)Oc1ccc(C=O)cc1C. The third-order valence-electron chi connectivity index (χ3n) is 2.19. The third-order valence-corrected chi connectivity index (χ3v) is 2.19. The molecule has 0 fully saturated rings. The molecule has 0 atom stereocenters. The van der Waals surface area contributed by atoms with Gasteiger partial charge in [0.15, 0.2) is 0 Å². The van der Waals surface area contributed by atoms with Crippen LogP contribution >= 0.6 is 0 Å². The zero-order valence-electron chi connectivity index (χ0n) is 9.36. The van der Waals surface area contributed by atoms with Crippen LogP contribution in [0.2, 0.25) is 0 Å². The summed E-state index contributed by atoms with van der Waals surface area (Å²) in [4.78, 5) is 21.9. The molecule has 3 heteroatoms. The van der Waals surface area contributed by atoms with E-state index < -0.39 is 0 Å². The van der Waals surface area contributed by atoms with E-state index >= 15 is 0 Å². The maximum atomic E-state index is 11.4. The van der Waals surface area contributed by atoms with Crippen LogP contribution in [0.4, 0.5) is 0 Å². The minimum atomic E-state index is -0.259. The normalized spacial score (nSPS) is 9.88. The Morgan fingerprint density at radius 1 is 1.50 bits per heavy atom. The van der Waals surface area contributed by atoms with Crippen molar-refractivity contribution in [3.8, 4) is 5.75 Å². The van der Waals surface area contributed by atoms with E-state index in [1.807, 2.05) is 0 Å². The van der Waals surface area contributed by atoms with Gasteiger partial charge in [0.1, 0.15) is 12.0 Å². The van der Waals surface area contributed by atoms with E-state index in [1.54, 1.807) is 25.1 Å². The van der Waals surface area contributed by atoms with Crippen LogP contribution in [0, 0.1) is 13.8 Å². The van der Waals surface area contributed by atoms with Gasteiger partial charge in [-0.2, -0.15) is 0 Å². The van der Waals surface area contributed by atoms with Crippen LogP contribution in [0.5, 0.6) is 5.75 Å². The molecule has 85 valence electrons. The van der Waals surface area contributed by atoms with Gasteiger partial charge in [0, 0.05) is 12.0 Å². The summed E-state index contributed by atoms with van der Waals surface area (Å²) < 4.78 is 5.16. The molecular weight excluding hydrogens is 204 g/mol. The van der Waals surface area contributed by atoms with E-state index in [2.05, 4.69) is 6.92 Å². The van der Waals surface area contributed by atoms with Gasteiger partial charge in [-0.15, -0.1) is 0 Å². The quantitative estimate of drug-likeness (QED) is 0.434. The first-order chi connectivity index (χ1) is 7.67. The molecule has 0 bridgehead atoms. The molecule has 0 saturated heterocycles. The van der Waals surface area contributed by atoms with Gasteiger partial charge < -0.3 is 4.74 Å². The number of ether oxygens (including phenoxy) is 1. The molecule has 0 saturated carbocycles. The standard InChI is InChI=1S/C13H15O3/c1-3-4-5-13(15)16-12-7-6-11(9-14)8-10(12)2/h6-9H,1,3-5H2,2H3. The van der Waals surface area contributed by atoms with Gasteiger partial charge in [-0.1, -0.05) is 13.3 Å². The average Bonchev–Trinajstić information content (AvgIpc) is 2.29. The van der Waals surface area contributed by atoms with Gasteiger partial charge in [-0.25, -0.2) is 0 Å². The molecule has 1 aromatic carbocycles. The molecule has 0 amide bonds. The highest BCUT2D eigenvalue weighted by Gasteiger charge is 2.06. The molecule has 0 aliphatic heterocycles. The zero-order valence-corrected chi connectivity index (χ0v) is 9.36. The van der Waals surface area contributed by atoms with Crippen molar-refractivity contribution in [2.24, 2.45) is 0 Å². The van der Waals surface area contributed by atoms with Crippen molar-refractivity contribution in [3.05, 3.63) is 36.2 Å². The minimum Gasteiger partial charge on any atom is -0.426 e. The van der Waals surface area contributed by atoms with Crippen molar-refractivity contribution in [3.63, 3.8) is 0 Å². The fourth-order valence-electron chi connectivity index (χ4n) is 1.30. The summed E-state index contributed by atoms with van der Waals surface area (Å²) in [6.07, 6.45) is 2.59. The van der Waals surface area contributed by atoms with E-state index in [0.29, 0.717) is 17.7 Å². The molecular formula is C13H15O3. The van der Waals surface area contributed by atoms with Crippen LogP contribution in [0.3, 0.4) is 0 Å². The number of hydrogen-bond acceptors (Lipinski definition) is 3. The van der Waals surface area contributed by atoms with Crippen molar-refractivity contribution < 1.29 is 14.3 Å². The summed E-state index contributed by atoms with van der Waals surface area (Å²) in [6, 6.07) is 4.96. The van der Waals surface area contributed by atoms with Crippen LogP contribution in [0.1, 0.15) is 35.2 Å². The third kappa shape index (κ3) is 3.50. The maximum absolute atomic E-state index is 11.4. The maximum Gasteiger partial charge on any atom is 0.311 e. The number of carbonyl (C=O) groups excluding carboxylic acids is 2. The second kappa shape index (κ2) is 6.05. The number of hydrogen-bond donors (Lipinski definition) is 0. The van der Waals surface area contributed by atoms with Gasteiger partial charge in [-0.05, 0) is 37.1 Å². The molecule has 16 heavy (non-hydrogen) atoms. The lowest BCUT2D eigenvalue weighted by Gasteiger charge is -2.07. The number of aryl methyl sites for hydroxylation is 1. The molecule has 0 aliphatic rings. The molecule has 3 nitrogen and oxygen atoms in total. The summed E-state index contributed by atoms with van der Waals surface area (Å²) in [5, 5.41) is 0. The van der Waals surface area contributed by atoms with Gasteiger partial charge in [0.25, 0.3) is 0 Å². The van der Waals surface area contributed by atoms with Crippen LogP contribution in [-0.4, -0.2) is 12.3 Å². The minimum absolute atomic E-state index is 0.259. The van der Waals surface area contributed by atoms with Crippen molar-refractivity contribution in [1.29, 1.82) is 0 Å². The number of rotatable bonds is 5. The Morgan fingerprint density at radius 3 is 2.81 bits per heavy atom. The molecule has 0 heterocycles. The first-order valence-electron chi connectivity index (χ1n) is 5.23. The van der Waals surface area contributed by atoms with Gasteiger partial charge in [0.05, 0.1) is 0 Å². The lowest BCUT2D eigenvalue weighted by Crippen LogP contribution is -2.08. The Kier molecular flexibility index (Phi) is 4.70. The second-order valence-corrected chi connectivity index (χ2v) is 3.57. The highest BCUT2D eigenvalue weighted by molar-refractivity contribution is 5.77. The predicted molar refractivity (Wildman–Crippen MR) is 61.4 cm³/mol. The summed E-state index contributed by atoms with van der Waals surface area (Å²) in [6.45, 7) is 5.46. The summed E-state index contributed by atoms with van der Waals surface area (Å²) >= 11 is 0. The van der Waals surface area contributed by atoms with Gasteiger partial charge in [-0.3, -0.25) is 9.59 Å². The van der Waals surface area contributed by atoms with Crippen molar-refractivity contribution in [2.75, 3.05) is 0 Å². The lowest BCUT2D eigenvalue weighted by molar-refractivity contribution is -0.134. The molecule has 0 aromatic heterocycles. The Morgan fingerprint density at radius 2 is 2.25 bits per heavy atom. The topological polar surface area (TPSA) is 43.4 Å². The summed E-state index contributed by atoms with van der Waals surface area (Å²) in [5.74, 6) is 0.255. The van der Waals surface area contributed by atoms with Gasteiger partial charge in [0.2, 0.25) is 0 Å². The molecule has 0 spiro atoms. The van der Waals surface area contributed by atoms with E-state index in [9.17, 15) is 9.59 Å². The van der Waals surface area contributed by atoms with E-state index in [-0.39, 0.29) is 5.97 Å². The zero-order chi connectivity index (χ0) is 12.0. The lowest BCUT2D eigenvalue weighted by atomic mass is 10.1. The largest absolute Gasteiger partial charge is 0.426 e. The molecule has 1 aromatic rings.